The van der Waals surface area contributed by atoms with E-state index in [1.165, 1.54) is 6.07 Å². The molecule has 1 amide bonds. The van der Waals surface area contributed by atoms with Crippen LogP contribution in [0.25, 0.3) is 0 Å². The van der Waals surface area contributed by atoms with Crippen LogP contribution in [0.3, 0.4) is 0 Å². The Bertz CT molecular complexity index is 722. The minimum atomic E-state index is -1.08. The summed E-state index contributed by atoms with van der Waals surface area (Å²) in [7, 11) is 0. The van der Waals surface area contributed by atoms with Gasteiger partial charge in [0.2, 0.25) is 11.8 Å². The van der Waals surface area contributed by atoms with Gasteiger partial charge in [0.1, 0.15) is 0 Å². The molecule has 0 radical (unpaired) electrons. The third-order valence-electron chi connectivity index (χ3n) is 3.25. The number of rotatable bonds is 6. The Morgan fingerprint density at radius 3 is 2.70 bits per heavy atom. The van der Waals surface area contributed by atoms with Gasteiger partial charge in [-0.1, -0.05) is 30.6 Å². The first-order valence-corrected chi connectivity index (χ1v) is 7.33. The summed E-state index contributed by atoms with van der Waals surface area (Å²) in [5, 5.41) is 15.6. The van der Waals surface area contributed by atoms with Crippen LogP contribution in [0.2, 0.25) is 0 Å². The molecule has 1 aromatic heterocycles. The van der Waals surface area contributed by atoms with Crippen LogP contribution in [0.15, 0.2) is 22.7 Å². The predicted octanol–water partition coefficient (Wildman–Crippen LogP) is 2.77. The quantitative estimate of drug-likeness (QED) is 0.848. The monoisotopic (exact) mass is 317 g/mol. The second-order valence-electron chi connectivity index (χ2n) is 5.60. The van der Waals surface area contributed by atoms with Crippen LogP contribution in [0.5, 0.6) is 0 Å². The molecule has 7 heteroatoms. The van der Waals surface area contributed by atoms with E-state index < -0.39 is 5.97 Å². The van der Waals surface area contributed by atoms with Crippen molar-refractivity contribution in [3.8, 4) is 0 Å². The van der Waals surface area contributed by atoms with Crippen LogP contribution in [-0.2, 0) is 11.2 Å². The largest absolute Gasteiger partial charge is 0.478 e. The van der Waals surface area contributed by atoms with Crippen molar-refractivity contribution < 1.29 is 19.2 Å². The van der Waals surface area contributed by atoms with Crippen molar-refractivity contribution in [3.63, 3.8) is 0 Å². The Morgan fingerprint density at radius 1 is 1.35 bits per heavy atom. The number of carbonyl (C=O) groups excluding carboxylic acids is 1. The number of aryl methyl sites for hydroxylation is 2. The van der Waals surface area contributed by atoms with Gasteiger partial charge in [0, 0.05) is 18.8 Å². The molecule has 0 spiro atoms. The number of nitrogens with one attached hydrogen (secondary N) is 1. The number of amides is 1. The lowest BCUT2D eigenvalue weighted by Crippen LogP contribution is -2.15. The highest BCUT2D eigenvalue weighted by atomic mass is 16.5. The topological polar surface area (TPSA) is 105 Å². The van der Waals surface area contributed by atoms with Crippen LogP contribution in [0, 0.1) is 6.92 Å². The molecule has 0 unspecified atom stereocenters. The van der Waals surface area contributed by atoms with Gasteiger partial charge in [0.15, 0.2) is 5.82 Å². The molecular weight excluding hydrogens is 298 g/mol. The average molecular weight is 317 g/mol. The van der Waals surface area contributed by atoms with Crippen LogP contribution in [-0.4, -0.2) is 27.1 Å². The second kappa shape index (κ2) is 7.04. The van der Waals surface area contributed by atoms with Crippen molar-refractivity contribution in [1.29, 1.82) is 0 Å². The lowest BCUT2D eigenvalue weighted by molar-refractivity contribution is -0.116. The van der Waals surface area contributed by atoms with E-state index in [4.69, 9.17) is 4.52 Å². The summed E-state index contributed by atoms with van der Waals surface area (Å²) in [5.74, 6) is -0.228. The molecule has 0 bridgehead atoms. The molecule has 1 aromatic carbocycles. The van der Waals surface area contributed by atoms with Crippen molar-refractivity contribution in [3.05, 3.63) is 41.0 Å². The molecule has 0 aliphatic carbocycles. The molecule has 122 valence electrons. The highest BCUT2D eigenvalue weighted by molar-refractivity contribution is 6.00. The summed E-state index contributed by atoms with van der Waals surface area (Å²) in [4.78, 5) is 27.4. The number of hydrogen-bond donors (Lipinski definition) is 2. The van der Waals surface area contributed by atoms with E-state index in [1.54, 1.807) is 19.1 Å². The first-order valence-electron chi connectivity index (χ1n) is 7.33. The normalized spacial score (nSPS) is 10.8. The number of anilines is 1. The van der Waals surface area contributed by atoms with Gasteiger partial charge in [0.25, 0.3) is 0 Å². The molecule has 0 atom stereocenters. The van der Waals surface area contributed by atoms with Crippen molar-refractivity contribution in [1.82, 2.24) is 10.1 Å². The number of hydrogen-bond acceptors (Lipinski definition) is 5. The van der Waals surface area contributed by atoms with Gasteiger partial charge in [-0.3, -0.25) is 4.79 Å². The van der Waals surface area contributed by atoms with E-state index in [-0.39, 0.29) is 29.5 Å². The van der Waals surface area contributed by atoms with Crippen LogP contribution in [0.1, 0.15) is 53.8 Å². The summed E-state index contributed by atoms with van der Waals surface area (Å²) in [6, 6.07) is 4.85. The minimum absolute atomic E-state index is 0.0678. The number of benzene rings is 1. The molecule has 0 saturated carbocycles. The molecule has 2 N–H and O–H groups in total. The summed E-state index contributed by atoms with van der Waals surface area (Å²) in [6.07, 6.45) is 0.437. The maximum atomic E-state index is 12.0. The Morgan fingerprint density at radius 2 is 2.09 bits per heavy atom. The van der Waals surface area contributed by atoms with Gasteiger partial charge in [-0.15, -0.1) is 0 Å². The van der Waals surface area contributed by atoms with Gasteiger partial charge < -0.3 is 14.9 Å². The second-order valence-corrected chi connectivity index (χ2v) is 5.60. The maximum Gasteiger partial charge on any atom is 0.337 e. The highest BCUT2D eigenvalue weighted by Gasteiger charge is 2.14. The van der Waals surface area contributed by atoms with Crippen LogP contribution < -0.4 is 5.32 Å². The van der Waals surface area contributed by atoms with Gasteiger partial charge in [-0.05, 0) is 19.1 Å². The van der Waals surface area contributed by atoms with E-state index in [2.05, 4.69) is 15.5 Å². The molecule has 0 aliphatic rings. The Labute approximate surface area is 133 Å². The lowest BCUT2D eigenvalue weighted by Gasteiger charge is -2.08. The van der Waals surface area contributed by atoms with E-state index in [9.17, 15) is 14.7 Å². The van der Waals surface area contributed by atoms with E-state index in [1.807, 2.05) is 13.8 Å². The highest BCUT2D eigenvalue weighted by Crippen LogP contribution is 2.18. The smallest absolute Gasteiger partial charge is 0.337 e. The van der Waals surface area contributed by atoms with E-state index in [0.29, 0.717) is 18.1 Å². The number of carboxylic acids is 1. The Kier molecular flexibility index (Phi) is 5.10. The number of aromatic nitrogens is 2. The minimum Gasteiger partial charge on any atom is -0.478 e. The number of carboxylic acid groups (broad SMARTS) is 1. The van der Waals surface area contributed by atoms with Gasteiger partial charge in [0.05, 0.1) is 11.3 Å². The van der Waals surface area contributed by atoms with Crippen LogP contribution >= 0.6 is 0 Å². The fourth-order valence-corrected chi connectivity index (χ4v) is 1.98. The third kappa shape index (κ3) is 4.38. The Balaban J connectivity index is 1.98. The third-order valence-corrected chi connectivity index (χ3v) is 3.25. The first kappa shape index (κ1) is 16.7. The average Bonchev–Trinajstić information content (AvgIpc) is 2.96. The zero-order chi connectivity index (χ0) is 17.0. The molecule has 0 saturated heterocycles. The molecule has 1 heterocycles. The molecule has 2 aromatic rings. The van der Waals surface area contributed by atoms with Gasteiger partial charge >= 0.3 is 5.97 Å². The van der Waals surface area contributed by atoms with E-state index in [0.717, 1.165) is 5.56 Å². The van der Waals surface area contributed by atoms with Crippen molar-refractivity contribution in [2.45, 2.75) is 39.5 Å². The molecular formula is C16H19N3O4. The maximum absolute atomic E-state index is 12.0. The van der Waals surface area contributed by atoms with Crippen LogP contribution in [0.4, 0.5) is 5.69 Å². The van der Waals surface area contributed by atoms with Crippen molar-refractivity contribution in [2.24, 2.45) is 0 Å². The number of carbonyl (C=O) groups is 2. The van der Waals surface area contributed by atoms with Crippen molar-refractivity contribution in [2.75, 3.05) is 5.32 Å². The molecule has 7 nitrogen and oxygen atoms in total. The van der Waals surface area contributed by atoms with Crippen molar-refractivity contribution >= 4 is 17.6 Å². The van der Waals surface area contributed by atoms with E-state index >= 15 is 0 Å². The standard InChI is InChI=1S/C16H19N3O4/c1-9(2)15-18-14(23-19-15)7-6-13(20)17-12-5-4-10(3)8-11(12)16(21)22/h4-5,8-9H,6-7H2,1-3H3,(H,17,20)(H,21,22). The Hall–Kier alpha value is -2.70. The molecule has 23 heavy (non-hydrogen) atoms. The molecule has 0 fully saturated rings. The van der Waals surface area contributed by atoms with Gasteiger partial charge in [-0.2, -0.15) is 4.98 Å². The summed E-state index contributed by atoms with van der Waals surface area (Å²) < 4.78 is 5.07. The zero-order valence-corrected chi connectivity index (χ0v) is 13.3. The predicted molar refractivity (Wildman–Crippen MR) is 83.5 cm³/mol. The SMILES string of the molecule is Cc1ccc(NC(=O)CCc2nc(C(C)C)no2)c(C(=O)O)c1. The number of aromatic carboxylic acids is 1. The van der Waals surface area contributed by atoms with Gasteiger partial charge in [-0.25, -0.2) is 4.79 Å². The first-order chi connectivity index (χ1) is 10.9. The lowest BCUT2D eigenvalue weighted by atomic mass is 10.1. The molecule has 2 rings (SSSR count). The summed E-state index contributed by atoms with van der Waals surface area (Å²) in [6.45, 7) is 5.69. The summed E-state index contributed by atoms with van der Waals surface area (Å²) >= 11 is 0. The number of nitrogens with zero attached hydrogens (tertiary/aromatic N) is 2. The fraction of sp³-hybridized carbons (Fsp3) is 0.375. The zero-order valence-electron chi connectivity index (χ0n) is 13.3. The fourth-order valence-electron chi connectivity index (χ4n) is 1.98. The summed E-state index contributed by atoms with van der Waals surface area (Å²) in [5.41, 5.74) is 1.16. The molecule has 0 aliphatic heterocycles.